The maximum absolute atomic E-state index is 11.4. The lowest BCUT2D eigenvalue weighted by molar-refractivity contribution is 0.335. The van der Waals surface area contributed by atoms with Gasteiger partial charge >= 0.3 is 0 Å². The van der Waals surface area contributed by atoms with Crippen LogP contribution in [0.1, 0.15) is 38.1 Å². The molecule has 0 saturated heterocycles. The molecule has 0 radical (unpaired) electrons. The molecule has 0 bridgehead atoms. The maximum Gasteiger partial charge on any atom is 0.253 e. The van der Waals surface area contributed by atoms with Crippen molar-refractivity contribution in [1.82, 2.24) is 14.8 Å². The van der Waals surface area contributed by atoms with Crippen LogP contribution in [-0.4, -0.2) is 19.9 Å². The van der Waals surface area contributed by atoms with Crippen molar-refractivity contribution in [1.29, 1.82) is 0 Å². The topological polar surface area (TPSA) is 70.9 Å². The van der Waals surface area contributed by atoms with Crippen molar-refractivity contribution in [2.75, 3.05) is 0 Å². The van der Waals surface area contributed by atoms with Crippen LogP contribution in [0.5, 0.6) is 5.75 Å². The molecule has 90 valence electrons. The zero-order valence-electron chi connectivity index (χ0n) is 9.52. The first-order valence-corrected chi connectivity index (χ1v) is 6.05. The van der Waals surface area contributed by atoms with Crippen LogP contribution in [0, 0.1) is 0 Å². The average molecular weight is 233 g/mol. The predicted molar refractivity (Wildman–Crippen MR) is 64.1 cm³/mol. The van der Waals surface area contributed by atoms with Gasteiger partial charge in [0.1, 0.15) is 11.4 Å². The Morgan fingerprint density at radius 1 is 1.35 bits per heavy atom. The normalized spacial score (nSPS) is 17.6. The van der Waals surface area contributed by atoms with Crippen LogP contribution in [0.4, 0.5) is 0 Å². The van der Waals surface area contributed by atoms with Crippen LogP contribution < -0.4 is 5.56 Å². The molecule has 0 unspecified atom stereocenters. The van der Waals surface area contributed by atoms with E-state index in [1.54, 1.807) is 6.20 Å². The van der Waals surface area contributed by atoms with Gasteiger partial charge in [-0.3, -0.25) is 4.79 Å². The highest BCUT2D eigenvalue weighted by atomic mass is 16.3. The Bertz CT molecular complexity index is 593. The van der Waals surface area contributed by atoms with Gasteiger partial charge < -0.3 is 10.1 Å². The molecule has 5 nitrogen and oxygen atoms in total. The fourth-order valence-corrected chi connectivity index (χ4v) is 2.63. The number of aromatic hydroxyl groups is 1. The highest BCUT2D eigenvalue weighted by molar-refractivity contribution is 5.81. The van der Waals surface area contributed by atoms with Crippen LogP contribution >= 0.6 is 0 Å². The van der Waals surface area contributed by atoms with E-state index in [2.05, 4.69) is 10.1 Å². The highest BCUT2D eigenvalue weighted by Gasteiger charge is 2.19. The van der Waals surface area contributed by atoms with E-state index in [4.69, 9.17) is 0 Å². The third-order valence-corrected chi connectivity index (χ3v) is 3.50. The van der Waals surface area contributed by atoms with E-state index in [0.717, 1.165) is 12.8 Å². The summed E-state index contributed by atoms with van der Waals surface area (Å²) in [5.41, 5.74) is 0.356. The third kappa shape index (κ3) is 1.71. The molecule has 3 rings (SSSR count). The van der Waals surface area contributed by atoms with E-state index >= 15 is 0 Å². The molecule has 1 aliphatic carbocycles. The molecule has 0 aliphatic heterocycles. The number of hydrogen-bond donors (Lipinski definition) is 2. The van der Waals surface area contributed by atoms with E-state index in [9.17, 15) is 9.90 Å². The minimum absolute atomic E-state index is 0.00538. The summed E-state index contributed by atoms with van der Waals surface area (Å²) in [6.07, 6.45) is 7.49. The summed E-state index contributed by atoms with van der Waals surface area (Å²) in [6, 6.07) is 1.54. The Morgan fingerprint density at radius 3 is 2.88 bits per heavy atom. The van der Waals surface area contributed by atoms with Crippen molar-refractivity contribution >= 4 is 11.0 Å². The van der Waals surface area contributed by atoms with Crippen LogP contribution in [0.15, 0.2) is 17.1 Å². The van der Waals surface area contributed by atoms with Crippen molar-refractivity contribution < 1.29 is 5.11 Å². The van der Waals surface area contributed by atoms with Gasteiger partial charge in [-0.05, 0) is 12.8 Å². The summed E-state index contributed by atoms with van der Waals surface area (Å²) in [5, 5.41) is 14.6. The van der Waals surface area contributed by atoms with Crippen molar-refractivity contribution in [3.05, 3.63) is 22.6 Å². The Kier molecular flexibility index (Phi) is 2.39. The molecule has 2 heterocycles. The number of H-pyrrole nitrogens is 1. The summed E-state index contributed by atoms with van der Waals surface area (Å²) in [5.74, 6) is 0.00538. The van der Waals surface area contributed by atoms with Crippen molar-refractivity contribution in [2.24, 2.45) is 0 Å². The van der Waals surface area contributed by atoms with Gasteiger partial charge in [0.25, 0.3) is 5.56 Å². The lowest BCUT2D eigenvalue weighted by Gasteiger charge is -2.22. The molecule has 2 N–H and O–H groups in total. The predicted octanol–water partition coefficient (Wildman–Crippen LogP) is 1.94. The summed E-state index contributed by atoms with van der Waals surface area (Å²) < 4.78 is 1.86. The third-order valence-electron chi connectivity index (χ3n) is 3.50. The van der Waals surface area contributed by atoms with E-state index in [1.807, 2.05) is 4.68 Å². The summed E-state index contributed by atoms with van der Waals surface area (Å²) >= 11 is 0. The minimum Gasteiger partial charge on any atom is -0.507 e. The SMILES string of the molecule is O=c1cc(O)c2cnn(C3CCCCC3)c2[nH]1. The minimum atomic E-state index is -0.285. The number of nitrogens with one attached hydrogen (secondary N) is 1. The van der Waals surface area contributed by atoms with Crippen LogP contribution in [0.3, 0.4) is 0 Å². The quantitative estimate of drug-likeness (QED) is 0.790. The molecule has 1 fully saturated rings. The van der Waals surface area contributed by atoms with Gasteiger partial charge in [-0.25, -0.2) is 4.68 Å². The largest absolute Gasteiger partial charge is 0.507 e. The molecule has 0 spiro atoms. The Morgan fingerprint density at radius 2 is 2.12 bits per heavy atom. The second-order valence-corrected chi connectivity index (χ2v) is 4.66. The molecule has 2 aromatic rings. The number of aromatic nitrogens is 3. The van der Waals surface area contributed by atoms with Crippen molar-refractivity contribution in [3.63, 3.8) is 0 Å². The number of aromatic amines is 1. The smallest absolute Gasteiger partial charge is 0.253 e. The Labute approximate surface area is 98.1 Å². The van der Waals surface area contributed by atoms with Gasteiger partial charge in [-0.15, -0.1) is 0 Å². The van der Waals surface area contributed by atoms with Crippen LogP contribution in [0.25, 0.3) is 11.0 Å². The van der Waals surface area contributed by atoms with Gasteiger partial charge in [0, 0.05) is 6.07 Å². The van der Waals surface area contributed by atoms with Crippen LogP contribution in [0.2, 0.25) is 0 Å². The number of rotatable bonds is 1. The van der Waals surface area contributed by atoms with E-state index in [1.165, 1.54) is 25.3 Å². The molecule has 17 heavy (non-hydrogen) atoms. The number of fused-ring (bicyclic) bond motifs is 1. The first-order chi connectivity index (χ1) is 8.25. The van der Waals surface area contributed by atoms with Gasteiger partial charge in [-0.2, -0.15) is 5.10 Å². The molecule has 0 amide bonds. The number of nitrogens with zero attached hydrogens (tertiary/aromatic N) is 2. The highest BCUT2D eigenvalue weighted by Crippen LogP contribution is 2.31. The fourth-order valence-electron chi connectivity index (χ4n) is 2.63. The lowest BCUT2D eigenvalue weighted by Crippen LogP contribution is -2.16. The molecule has 1 saturated carbocycles. The fraction of sp³-hybridized carbons (Fsp3) is 0.500. The summed E-state index contributed by atoms with van der Waals surface area (Å²) in [7, 11) is 0. The van der Waals surface area contributed by atoms with E-state index in [0.29, 0.717) is 17.1 Å². The van der Waals surface area contributed by atoms with Crippen molar-refractivity contribution in [3.8, 4) is 5.75 Å². The molecular weight excluding hydrogens is 218 g/mol. The average Bonchev–Trinajstić information content (AvgIpc) is 2.74. The van der Waals surface area contributed by atoms with Gasteiger partial charge in [0.05, 0.1) is 17.6 Å². The number of pyridine rings is 1. The first kappa shape index (κ1) is 10.4. The number of hydrogen-bond acceptors (Lipinski definition) is 3. The maximum atomic E-state index is 11.4. The Hall–Kier alpha value is -1.78. The van der Waals surface area contributed by atoms with Crippen molar-refractivity contribution in [2.45, 2.75) is 38.1 Å². The van der Waals surface area contributed by atoms with E-state index in [-0.39, 0.29) is 11.3 Å². The molecule has 1 aliphatic rings. The molecule has 2 aromatic heterocycles. The molecule has 0 aromatic carbocycles. The standard InChI is InChI=1S/C12H15N3O2/c16-10-6-11(17)14-12-9(10)7-13-15(12)8-4-2-1-3-5-8/h6-8H,1-5H2,(H2,14,16,17). The van der Waals surface area contributed by atoms with Crippen LogP contribution in [-0.2, 0) is 0 Å². The van der Waals surface area contributed by atoms with Gasteiger partial charge in [-0.1, -0.05) is 19.3 Å². The van der Waals surface area contributed by atoms with Gasteiger partial charge in [0.15, 0.2) is 0 Å². The van der Waals surface area contributed by atoms with Gasteiger partial charge in [0.2, 0.25) is 0 Å². The molecular formula is C12H15N3O2. The second kappa shape index (κ2) is 3.91. The summed E-state index contributed by atoms with van der Waals surface area (Å²) in [4.78, 5) is 14.1. The Balaban J connectivity index is 2.13. The lowest BCUT2D eigenvalue weighted by atomic mass is 9.96. The molecule has 0 atom stereocenters. The zero-order chi connectivity index (χ0) is 11.8. The summed E-state index contributed by atoms with van der Waals surface area (Å²) in [6.45, 7) is 0. The zero-order valence-corrected chi connectivity index (χ0v) is 9.52. The van der Waals surface area contributed by atoms with E-state index < -0.39 is 0 Å². The second-order valence-electron chi connectivity index (χ2n) is 4.66. The first-order valence-electron chi connectivity index (χ1n) is 6.05. The monoisotopic (exact) mass is 233 g/mol. The molecule has 5 heteroatoms.